The van der Waals surface area contributed by atoms with Gasteiger partial charge in [-0.2, -0.15) is 5.26 Å². The Hall–Kier alpha value is -3.18. The molecule has 8 heteroatoms. The molecule has 1 N–H and O–H groups in total. The maximum absolute atomic E-state index is 12.4. The van der Waals surface area contributed by atoms with Gasteiger partial charge in [0.1, 0.15) is 22.3 Å². The van der Waals surface area contributed by atoms with E-state index in [1.54, 1.807) is 38.1 Å². The third-order valence-corrected chi connectivity index (χ3v) is 4.56. The average molecular weight is 399 g/mol. The lowest BCUT2D eigenvalue weighted by atomic mass is 10.1. The Morgan fingerprint density at radius 1 is 1.29 bits per heavy atom. The van der Waals surface area contributed by atoms with Crippen LogP contribution in [0.4, 0.5) is 5.13 Å². The number of hydrogen-bond donors (Lipinski definition) is 1. The Bertz CT molecular complexity index is 911. The van der Waals surface area contributed by atoms with E-state index in [-0.39, 0.29) is 17.3 Å². The molecule has 0 spiro atoms. The van der Waals surface area contributed by atoms with Crippen molar-refractivity contribution < 1.29 is 19.1 Å². The van der Waals surface area contributed by atoms with Gasteiger partial charge in [0.25, 0.3) is 5.91 Å². The summed E-state index contributed by atoms with van der Waals surface area (Å²) < 4.78 is 10.5. The van der Waals surface area contributed by atoms with Gasteiger partial charge in [0.05, 0.1) is 18.9 Å². The van der Waals surface area contributed by atoms with Crippen molar-refractivity contribution in [1.82, 2.24) is 4.98 Å². The number of rotatable bonds is 8. The molecule has 1 heterocycles. The minimum Gasteiger partial charge on any atom is -0.494 e. The van der Waals surface area contributed by atoms with Crippen molar-refractivity contribution in [1.29, 1.82) is 5.26 Å². The van der Waals surface area contributed by atoms with Crippen LogP contribution in [0.25, 0.3) is 6.08 Å². The third kappa shape index (κ3) is 5.66. The first-order chi connectivity index (χ1) is 13.5. The zero-order valence-corrected chi connectivity index (χ0v) is 16.8. The highest BCUT2D eigenvalue weighted by molar-refractivity contribution is 7.17. The van der Waals surface area contributed by atoms with Crippen LogP contribution in [-0.4, -0.2) is 30.1 Å². The minimum absolute atomic E-state index is 0.0761. The van der Waals surface area contributed by atoms with Gasteiger partial charge in [-0.05, 0) is 44.0 Å². The Morgan fingerprint density at radius 2 is 2.00 bits per heavy atom. The Kier molecular flexibility index (Phi) is 7.72. The number of anilines is 1. The molecule has 28 heavy (non-hydrogen) atoms. The highest BCUT2D eigenvalue weighted by atomic mass is 32.1. The lowest BCUT2D eigenvalue weighted by Crippen LogP contribution is -2.13. The fourth-order valence-electron chi connectivity index (χ4n) is 2.20. The van der Waals surface area contributed by atoms with Crippen LogP contribution in [0.1, 0.15) is 41.2 Å². The quantitative estimate of drug-likeness (QED) is 0.409. The predicted molar refractivity (Wildman–Crippen MR) is 107 cm³/mol. The van der Waals surface area contributed by atoms with E-state index in [2.05, 4.69) is 10.3 Å². The zero-order chi connectivity index (χ0) is 20.5. The molecule has 0 aliphatic rings. The zero-order valence-electron chi connectivity index (χ0n) is 15.9. The number of aromatic nitrogens is 1. The summed E-state index contributed by atoms with van der Waals surface area (Å²) in [7, 11) is 0. The fraction of sp³-hybridized carbons (Fsp3) is 0.300. The Balaban J connectivity index is 2.11. The van der Waals surface area contributed by atoms with Crippen LogP contribution in [0.3, 0.4) is 0 Å². The summed E-state index contributed by atoms with van der Waals surface area (Å²) >= 11 is 1.01. The minimum atomic E-state index is -0.599. The van der Waals surface area contributed by atoms with Gasteiger partial charge in [-0.1, -0.05) is 30.4 Å². The van der Waals surface area contributed by atoms with Crippen molar-refractivity contribution in [3.05, 3.63) is 46.0 Å². The number of carbonyl (C=O) groups is 2. The average Bonchev–Trinajstić information content (AvgIpc) is 3.05. The van der Waals surface area contributed by atoms with Crippen LogP contribution in [0.15, 0.2) is 29.8 Å². The Labute approximate surface area is 167 Å². The number of nitrogens with zero attached hydrogens (tertiary/aromatic N) is 2. The van der Waals surface area contributed by atoms with Gasteiger partial charge < -0.3 is 9.47 Å². The molecule has 1 aromatic carbocycles. The highest BCUT2D eigenvalue weighted by Gasteiger charge is 2.18. The van der Waals surface area contributed by atoms with Gasteiger partial charge in [0, 0.05) is 0 Å². The summed E-state index contributed by atoms with van der Waals surface area (Å²) in [4.78, 5) is 28.7. The van der Waals surface area contributed by atoms with Gasteiger partial charge in [-0.3, -0.25) is 10.1 Å². The van der Waals surface area contributed by atoms with Crippen LogP contribution in [0, 0.1) is 18.3 Å². The highest BCUT2D eigenvalue weighted by Crippen LogP contribution is 2.24. The molecule has 0 saturated heterocycles. The van der Waals surface area contributed by atoms with E-state index in [1.165, 1.54) is 6.08 Å². The molecule has 0 radical (unpaired) electrons. The van der Waals surface area contributed by atoms with E-state index >= 15 is 0 Å². The summed E-state index contributed by atoms with van der Waals surface area (Å²) in [6.45, 7) is 6.27. The van der Waals surface area contributed by atoms with Crippen LogP contribution in [0.2, 0.25) is 0 Å². The molecule has 0 bridgehead atoms. The van der Waals surface area contributed by atoms with E-state index in [0.29, 0.717) is 22.7 Å². The van der Waals surface area contributed by atoms with E-state index in [9.17, 15) is 14.9 Å². The van der Waals surface area contributed by atoms with E-state index < -0.39 is 11.9 Å². The number of hydrogen-bond acceptors (Lipinski definition) is 7. The number of carbonyl (C=O) groups excluding carboxylic acids is 2. The lowest BCUT2D eigenvalue weighted by molar-refractivity contribution is -0.112. The van der Waals surface area contributed by atoms with Gasteiger partial charge in [0.15, 0.2) is 5.13 Å². The van der Waals surface area contributed by atoms with Crippen molar-refractivity contribution in [3.8, 4) is 11.8 Å². The number of thiazole rings is 1. The van der Waals surface area contributed by atoms with Crippen LogP contribution >= 0.6 is 11.3 Å². The molecule has 146 valence electrons. The molecule has 1 aromatic heterocycles. The van der Waals surface area contributed by atoms with E-state index in [4.69, 9.17) is 9.47 Å². The number of nitriles is 1. The molecule has 0 atom stereocenters. The summed E-state index contributed by atoms with van der Waals surface area (Å²) in [5.41, 5.74) is 1.08. The molecule has 0 aliphatic carbocycles. The second kappa shape index (κ2) is 10.2. The van der Waals surface area contributed by atoms with Gasteiger partial charge in [0.2, 0.25) is 0 Å². The van der Waals surface area contributed by atoms with Crippen molar-refractivity contribution in [2.75, 3.05) is 18.5 Å². The molecular weight excluding hydrogens is 378 g/mol. The number of ether oxygens (including phenoxy) is 2. The van der Waals surface area contributed by atoms with E-state index in [1.807, 2.05) is 13.0 Å². The summed E-state index contributed by atoms with van der Waals surface area (Å²) in [6.07, 6.45) is 2.39. The number of esters is 1. The van der Waals surface area contributed by atoms with Gasteiger partial charge in [-0.15, -0.1) is 0 Å². The van der Waals surface area contributed by atoms with Crippen LogP contribution < -0.4 is 10.1 Å². The van der Waals surface area contributed by atoms with Crippen molar-refractivity contribution >= 4 is 34.4 Å². The molecular formula is C20H21N3O4S. The molecule has 0 unspecified atom stereocenters. The van der Waals surface area contributed by atoms with Crippen molar-refractivity contribution in [2.45, 2.75) is 27.2 Å². The number of nitrogens with one attached hydrogen (secondary N) is 1. The van der Waals surface area contributed by atoms with Crippen LogP contribution in [0.5, 0.6) is 5.75 Å². The van der Waals surface area contributed by atoms with Crippen LogP contribution in [-0.2, 0) is 9.53 Å². The first-order valence-corrected chi connectivity index (χ1v) is 9.60. The van der Waals surface area contributed by atoms with Crippen molar-refractivity contribution in [2.24, 2.45) is 0 Å². The second-order valence-electron chi connectivity index (χ2n) is 5.70. The van der Waals surface area contributed by atoms with Gasteiger partial charge >= 0.3 is 5.97 Å². The topological polar surface area (TPSA) is 101 Å². The molecule has 2 aromatic rings. The maximum Gasteiger partial charge on any atom is 0.350 e. The van der Waals surface area contributed by atoms with Gasteiger partial charge in [-0.25, -0.2) is 9.78 Å². The standard InChI is InChI=1S/C20H21N3O4S/c1-4-10-27-16-8-6-14(7-9-16)11-15(12-21)18(24)23-20-22-13(3)17(28-20)19(25)26-5-2/h6-9,11H,4-5,10H2,1-3H3,(H,22,23,24). The van der Waals surface area contributed by atoms with Crippen molar-refractivity contribution in [3.63, 3.8) is 0 Å². The monoisotopic (exact) mass is 399 g/mol. The maximum atomic E-state index is 12.4. The number of aryl methyl sites for hydroxylation is 1. The Morgan fingerprint density at radius 3 is 2.61 bits per heavy atom. The first kappa shape index (κ1) is 21.1. The molecule has 0 aliphatic heterocycles. The smallest absolute Gasteiger partial charge is 0.350 e. The fourth-order valence-corrected chi connectivity index (χ4v) is 3.05. The molecule has 0 saturated carbocycles. The molecule has 0 fully saturated rings. The summed E-state index contributed by atoms with van der Waals surface area (Å²) in [5.74, 6) is -0.357. The largest absolute Gasteiger partial charge is 0.494 e. The first-order valence-electron chi connectivity index (χ1n) is 8.79. The van der Waals surface area contributed by atoms with E-state index in [0.717, 1.165) is 23.5 Å². The molecule has 7 nitrogen and oxygen atoms in total. The summed E-state index contributed by atoms with van der Waals surface area (Å²) in [6, 6.07) is 8.98. The SMILES string of the molecule is CCCOc1ccc(C=C(C#N)C(=O)Nc2nc(C)c(C(=O)OCC)s2)cc1. The molecule has 2 rings (SSSR count). The lowest BCUT2D eigenvalue weighted by Gasteiger charge is -2.04. The normalized spacial score (nSPS) is 10.9. The predicted octanol–water partition coefficient (Wildman–Crippen LogP) is 3.96. The molecule has 1 amide bonds. The summed E-state index contributed by atoms with van der Waals surface area (Å²) in [5, 5.41) is 12.1. The third-order valence-electron chi connectivity index (χ3n) is 3.51. The number of benzene rings is 1. The second-order valence-corrected chi connectivity index (χ2v) is 6.69. The number of amides is 1.